The summed E-state index contributed by atoms with van der Waals surface area (Å²) in [6, 6.07) is 0. The van der Waals surface area contributed by atoms with Crippen LogP contribution >= 0.6 is 0 Å². The van der Waals surface area contributed by atoms with E-state index in [2.05, 4.69) is 24.5 Å². The molecule has 6 heteroatoms. The molecule has 2 rings (SSSR count). The molecule has 2 amide bonds. The van der Waals surface area contributed by atoms with Crippen LogP contribution in [0.4, 0.5) is 0 Å². The smallest absolute Gasteiger partial charge is 0.223 e. The zero-order valence-corrected chi connectivity index (χ0v) is 18.7. The molecule has 2 aliphatic heterocycles. The van der Waals surface area contributed by atoms with Gasteiger partial charge in [0.2, 0.25) is 11.8 Å². The van der Waals surface area contributed by atoms with Gasteiger partial charge in [-0.1, -0.05) is 63.8 Å². The lowest BCUT2D eigenvalue weighted by Gasteiger charge is -2.05. The Balaban J connectivity index is 1.39. The van der Waals surface area contributed by atoms with Crippen LogP contribution in [0.1, 0.15) is 78.1 Å². The summed E-state index contributed by atoms with van der Waals surface area (Å²) in [6.45, 7) is 5.27. The van der Waals surface area contributed by atoms with Gasteiger partial charge in [0.1, 0.15) is 0 Å². The molecule has 170 valence electrons. The molecule has 0 aromatic heterocycles. The minimum atomic E-state index is -0.0262. The number of nitrogens with one attached hydrogen (secondary N) is 2. The minimum Gasteiger partial charge on any atom is -0.369 e. The van der Waals surface area contributed by atoms with Crippen LogP contribution in [0.15, 0.2) is 24.3 Å². The first-order valence-electron chi connectivity index (χ1n) is 11.8. The third kappa shape index (κ3) is 10.9. The van der Waals surface area contributed by atoms with Gasteiger partial charge in [-0.2, -0.15) is 0 Å². The van der Waals surface area contributed by atoms with Crippen molar-refractivity contribution >= 4 is 11.8 Å². The van der Waals surface area contributed by atoms with E-state index in [1.807, 2.05) is 24.3 Å². The Morgan fingerprint density at radius 3 is 1.53 bits per heavy atom. The van der Waals surface area contributed by atoms with Crippen molar-refractivity contribution < 1.29 is 19.1 Å². The van der Waals surface area contributed by atoms with Crippen molar-refractivity contribution in [1.29, 1.82) is 0 Å². The number of hydrogen-bond donors (Lipinski definition) is 2. The van der Waals surface area contributed by atoms with E-state index in [0.717, 1.165) is 25.7 Å². The maximum absolute atomic E-state index is 11.8. The van der Waals surface area contributed by atoms with Crippen molar-refractivity contribution in [2.75, 3.05) is 13.1 Å². The van der Waals surface area contributed by atoms with Crippen LogP contribution in [0, 0.1) is 0 Å². The summed E-state index contributed by atoms with van der Waals surface area (Å²) in [5, 5.41) is 5.64. The van der Waals surface area contributed by atoms with Crippen molar-refractivity contribution in [3.63, 3.8) is 0 Å². The third-order valence-corrected chi connectivity index (χ3v) is 5.51. The number of amides is 2. The second-order valence-corrected chi connectivity index (χ2v) is 8.23. The molecule has 0 radical (unpaired) electrons. The average Bonchev–Trinajstić information content (AvgIpc) is 3.65. The van der Waals surface area contributed by atoms with Gasteiger partial charge in [0.05, 0.1) is 24.4 Å². The first-order valence-corrected chi connectivity index (χ1v) is 11.8. The van der Waals surface area contributed by atoms with Crippen molar-refractivity contribution in [2.45, 2.75) is 102 Å². The highest BCUT2D eigenvalue weighted by Crippen LogP contribution is 2.30. The number of carbonyl (C=O) groups is 2. The molecule has 2 N–H and O–H groups in total. The molecule has 2 saturated heterocycles. The quantitative estimate of drug-likeness (QED) is 0.213. The molecule has 2 fully saturated rings. The monoisotopic (exact) mass is 420 g/mol. The van der Waals surface area contributed by atoms with Crippen molar-refractivity contribution in [2.24, 2.45) is 0 Å². The van der Waals surface area contributed by atoms with Crippen molar-refractivity contribution in [3.8, 4) is 0 Å². The molecule has 0 aromatic rings. The van der Waals surface area contributed by atoms with Gasteiger partial charge < -0.3 is 20.1 Å². The van der Waals surface area contributed by atoms with E-state index in [4.69, 9.17) is 9.47 Å². The van der Waals surface area contributed by atoms with Crippen LogP contribution < -0.4 is 10.6 Å². The molecular weight excluding hydrogens is 380 g/mol. The molecule has 6 nitrogen and oxygen atoms in total. The lowest BCUT2D eigenvalue weighted by molar-refractivity contribution is -0.122. The van der Waals surface area contributed by atoms with E-state index >= 15 is 0 Å². The first-order chi connectivity index (χ1) is 14.6. The van der Waals surface area contributed by atoms with Crippen LogP contribution in [0.25, 0.3) is 0 Å². The normalized spacial score (nSPS) is 25.0. The second kappa shape index (κ2) is 14.4. The summed E-state index contributed by atoms with van der Waals surface area (Å²) in [7, 11) is 0. The standard InChI is InChI=1S/C24H40N2O4/c1-3-5-11-19-21(29-19)13-7-9-15-23(27)25-17-18-26-24(28)16-10-8-14-22-20(30-22)12-6-4-2/h7-10,19-22H,3-6,11-18H2,1-2H3,(H,25,27)(H,26,28). The minimum absolute atomic E-state index is 0.0262. The third-order valence-electron chi connectivity index (χ3n) is 5.51. The summed E-state index contributed by atoms with van der Waals surface area (Å²) in [5.74, 6) is -0.0524. The molecular formula is C24H40N2O4. The average molecular weight is 421 g/mol. The highest BCUT2D eigenvalue weighted by atomic mass is 16.6. The van der Waals surface area contributed by atoms with Crippen molar-refractivity contribution in [1.82, 2.24) is 10.6 Å². The van der Waals surface area contributed by atoms with Gasteiger partial charge >= 0.3 is 0 Å². The van der Waals surface area contributed by atoms with Crippen molar-refractivity contribution in [3.05, 3.63) is 24.3 Å². The molecule has 0 bridgehead atoms. The van der Waals surface area contributed by atoms with E-state index in [1.54, 1.807) is 0 Å². The number of epoxide rings is 2. The molecule has 4 unspecified atom stereocenters. The van der Waals surface area contributed by atoms with Crippen LogP contribution in [-0.4, -0.2) is 49.3 Å². The summed E-state index contributed by atoms with van der Waals surface area (Å²) in [5.41, 5.74) is 0. The summed E-state index contributed by atoms with van der Waals surface area (Å²) in [4.78, 5) is 23.6. The summed E-state index contributed by atoms with van der Waals surface area (Å²) < 4.78 is 11.2. The Labute approximate surface area is 181 Å². The fraction of sp³-hybridized carbons (Fsp3) is 0.750. The van der Waals surface area contributed by atoms with E-state index in [0.29, 0.717) is 50.3 Å². The summed E-state index contributed by atoms with van der Waals surface area (Å²) >= 11 is 0. The lowest BCUT2D eigenvalue weighted by Crippen LogP contribution is -2.34. The molecule has 4 atom stereocenters. The number of unbranched alkanes of at least 4 members (excludes halogenated alkanes) is 2. The van der Waals surface area contributed by atoms with Gasteiger partial charge in [-0.05, 0) is 25.7 Å². The van der Waals surface area contributed by atoms with Gasteiger partial charge in [-0.15, -0.1) is 0 Å². The molecule has 2 aliphatic rings. The SMILES string of the molecule is CCCCC1OC1CC=CCC(=O)NCCNC(=O)CC=CCC1OC1CCCC. The molecule has 2 heterocycles. The number of carbonyl (C=O) groups excluding carboxylic acids is 2. The molecule has 30 heavy (non-hydrogen) atoms. The van der Waals surface area contributed by atoms with Crippen LogP contribution in [-0.2, 0) is 19.1 Å². The topological polar surface area (TPSA) is 83.3 Å². The van der Waals surface area contributed by atoms with Gasteiger partial charge in [-0.25, -0.2) is 0 Å². The highest BCUT2D eigenvalue weighted by molar-refractivity contribution is 5.78. The molecule has 0 aliphatic carbocycles. The number of ether oxygens (including phenoxy) is 2. The fourth-order valence-corrected chi connectivity index (χ4v) is 3.48. The zero-order valence-electron chi connectivity index (χ0n) is 18.7. The van der Waals surface area contributed by atoms with E-state index < -0.39 is 0 Å². The lowest BCUT2D eigenvalue weighted by atomic mass is 10.1. The maximum Gasteiger partial charge on any atom is 0.223 e. The number of hydrogen-bond acceptors (Lipinski definition) is 4. The first kappa shape index (κ1) is 24.6. The highest BCUT2D eigenvalue weighted by Gasteiger charge is 2.36. The Morgan fingerprint density at radius 1 is 0.700 bits per heavy atom. The second-order valence-electron chi connectivity index (χ2n) is 8.23. The Morgan fingerprint density at radius 2 is 1.13 bits per heavy atom. The zero-order chi connectivity index (χ0) is 21.6. The van der Waals surface area contributed by atoms with Crippen LogP contribution in [0.2, 0.25) is 0 Å². The molecule has 0 spiro atoms. The molecule has 0 saturated carbocycles. The Hall–Kier alpha value is -1.66. The Kier molecular flexibility index (Phi) is 11.8. The largest absolute Gasteiger partial charge is 0.369 e. The maximum atomic E-state index is 11.8. The van der Waals surface area contributed by atoms with Gasteiger partial charge in [0, 0.05) is 25.9 Å². The van der Waals surface area contributed by atoms with E-state index in [1.165, 1.54) is 25.7 Å². The predicted molar refractivity (Wildman–Crippen MR) is 119 cm³/mol. The number of rotatable bonds is 17. The predicted octanol–water partition coefficient (Wildman–Crippen LogP) is 3.81. The van der Waals surface area contributed by atoms with Gasteiger partial charge in [0.15, 0.2) is 0 Å². The molecule has 0 aromatic carbocycles. The van der Waals surface area contributed by atoms with Crippen LogP contribution in [0.5, 0.6) is 0 Å². The van der Waals surface area contributed by atoms with E-state index in [9.17, 15) is 9.59 Å². The Bertz CT molecular complexity index is 526. The van der Waals surface area contributed by atoms with E-state index in [-0.39, 0.29) is 11.8 Å². The van der Waals surface area contributed by atoms with Gasteiger partial charge in [-0.3, -0.25) is 9.59 Å². The van der Waals surface area contributed by atoms with Gasteiger partial charge in [0.25, 0.3) is 0 Å². The fourth-order valence-electron chi connectivity index (χ4n) is 3.48. The van der Waals surface area contributed by atoms with Crippen LogP contribution in [0.3, 0.4) is 0 Å². The summed E-state index contributed by atoms with van der Waals surface area (Å²) in [6.07, 6.45) is 19.0.